The molecule has 1 amide bonds. The molecule has 0 bridgehead atoms. The van der Waals surface area contributed by atoms with Crippen molar-refractivity contribution >= 4 is 28.9 Å². The van der Waals surface area contributed by atoms with Crippen LogP contribution in [0.1, 0.15) is 22.3 Å². The third-order valence-corrected chi connectivity index (χ3v) is 3.98. The zero-order valence-electron chi connectivity index (χ0n) is 13.0. The quantitative estimate of drug-likeness (QED) is 0.870. The predicted molar refractivity (Wildman–Crippen MR) is 92.2 cm³/mol. The lowest BCUT2D eigenvalue weighted by atomic mass is 10.1. The number of hydrogen-bond acceptors (Lipinski definition) is 4. The van der Waals surface area contributed by atoms with E-state index in [1.54, 1.807) is 32.4 Å². The molecule has 0 unspecified atom stereocenters. The molecule has 5 nitrogen and oxygen atoms in total. The Kier molecular flexibility index (Phi) is 4.30. The van der Waals surface area contributed by atoms with Crippen molar-refractivity contribution in [2.24, 2.45) is 5.10 Å². The minimum Gasteiger partial charge on any atom is -0.345 e. The Labute approximate surface area is 140 Å². The van der Waals surface area contributed by atoms with E-state index in [0.29, 0.717) is 10.6 Å². The van der Waals surface area contributed by atoms with Gasteiger partial charge in [0.05, 0.1) is 16.4 Å². The lowest BCUT2D eigenvalue weighted by Gasteiger charge is -2.17. The molecule has 0 atom stereocenters. The molecule has 3 rings (SSSR count). The number of aromatic nitrogens is 1. The third kappa shape index (κ3) is 3.19. The van der Waals surface area contributed by atoms with Crippen LogP contribution in [0.15, 0.2) is 47.8 Å². The lowest BCUT2D eigenvalue weighted by Crippen LogP contribution is -2.22. The van der Waals surface area contributed by atoms with Crippen molar-refractivity contribution in [1.82, 2.24) is 9.88 Å². The highest BCUT2D eigenvalue weighted by molar-refractivity contribution is 6.33. The van der Waals surface area contributed by atoms with Crippen molar-refractivity contribution in [3.8, 4) is 0 Å². The third-order valence-electron chi connectivity index (χ3n) is 3.68. The second-order valence-electron chi connectivity index (χ2n) is 5.53. The Morgan fingerprint density at radius 1 is 1.30 bits per heavy atom. The van der Waals surface area contributed by atoms with Gasteiger partial charge in [0.15, 0.2) is 0 Å². The number of amides is 1. The predicted octanol–water partition coefficient (Wildman–Crippen LogP) is 3.05. The van der Waals surface area contributed by atoms with Gasteiger partial charge in [-0.05, 0) is 24.3 Å². The van der Waals surface area contributed by atoms with Crippen LogP contribution < -0.4 is 5.01 Å². The highest BCUT2D eigenvalue weighted by Gasteiger charge is 2.20. The molecule has 2 heterocycles. The highest BCUT2D eigenvalue weighted by atomic mass is 35.5. The molecule has 0 saturated heterocycles. The molecule has 0 radical (unpaired) electrons. The van der Waals surface area contributed by atoms with Gasteiger partial charge in [-0.25, -0.2) is 0 Å². The van der Waals surface area contributed by atoms with E-state index in [-0.39, 0.29) is 5.91 Å². The summed E-state index contributed by atoms with van der Waals surface area (Å²) in [7, 11) is 3.43. The van der Waals surface area contributed by atoms with Gasteiger partial charge in [-0.1, -0.05) is 17.7 Å². The number of hydrazone groups is 1. The normalized spacial score (nSPS) is 13.9. The van der Waals surface area contributed by atoms with Crippen molar-refractivity contribution in [1.29, 1.82) is 0 Å². The van der Waals surface area contributed by atoms with Gasteiger partial charge in [-0.15, -0.1) is 0 Å². The van der Waals surface area contributed by atoms with Gasteiger partial charge >= 0.3 is 0 Å². The Balaban J connectivity index is 1.86. The number of benzene rings is 1. The second-order valence-corrected chi connectivity index (χ2v) is 5.93. The Morgan fingerprint density at radius 2 is 2.13 bits per heavy atom. The number of hydrogen-bond donors (Lipinski definition) is 0. The van der Waals surface area contributed by atoms with Crippen molar-refractivity contribution in [3.63, 3.8) is 0 Å². The first-order chi connectivity index (χ1) is 11.1. The van der Waals surface area contributed by atoms with Crippen molar-refractivity contribution in [3.05, 3.63) is 58.9 Å². The van der Waals surface area contributed by atoms with E-state index in [0.717, 1.165) is 29.9 Å². The molecule has 0 N–H and O–H groups in total. The van der Waals surface area contributed by atoms with Crippen LogP contribution in [0.4, 0.5) is 5.69 Å². The first kappa shape index (κ1) is 15.5. The maximum absolute atomic E-state index is 12.0. The maximum atomic E-state index is 12.0. The van der Waals surface area contributed by atoms with Gasteiger partial charge in [-0.3, -0.25) is 14.8 Å². The Hall–Kier alpha value is -2.40. The first-order valence-corrected chi connectivity index (χ1v) is 7.70. The molecule has 6 heteroatoms. The van der Waals surface area contributed by atoms with E-state index in [9.17, 15) is 4.79 Å². The van der Waals surface area contributed by atoms with Crippen LogP contribution in [-0.2, 0) is 0 Å². The van der Waals surface area contributed by atoms with E-state index >= 15 is 0 Å². The minimum absolute atomic E-state index is 0.0700. The molecule has 1 aromatic heterocycles. The summed E-state index contributed by atoms with van der Waals surface area (Å²) in [6.45, 7) is 0.755. The summed E-state index contributed by atoms with van der Waals surface area (Å²) >= 11 is 6.36. The van der Waals surface area contributed by atoms with Gasteiger partial charge in [-0.2, -0.15) is 5.10 Å². The summed E-state index contributed by atoms with van der Waals surface area (Å²) < 4.78 is 0. The minimum atomic E-state index is -0.0700. The summed E-state index contributed by atoms with van der Waals surface area (Å²) in [5.74, 6) is -0.0700. The largest absolute Gasteiger partial charge is 0.345 e. The van der Waals surface area contributed by atoms with Crippen LogP contribution >= 0.6 is 11.6 Å². The standard InChI is InChI=1S/C17H17ClN4O/c1-21(2)17(23)12-5-6-16(14(18)10-12)22-9-7-15(20-22)13-4-3-8-19-11-13/h3-6,8,10-11H,7,9H2,1-2H3. The molecule has 1 aliphatic rings. The average molecular weight is 329 g/mol. The van der Waals surface area contributed by atoms with Crippen LogP contribution in [0.3, 0.4) is 0 Å². The van der Waals surface area contributed by atoms with Crippen molar-refractivity contribution < 1.29 is 4.79 Å². The second kappa shape index (κ2) is 6.38. The Bertz CT molecular complexity index is 758. The molecule has 1 aromatic carbocycles. The molecule has 118 valence electrons. The molecule has 0 spiro atoms. The van der Waals surface area contributed by atoms with Gasteiger partial charge in [0, 0.05) is 50.6 Å². The monoisotopic (exact) mass is 328 g/mol. The van der Waals surface area contributed by atoms with Crippen LogP contribution in [0.5, 0.6) is 0 Å². The number of anilines is 1. The fraction of sp³-hybridized carbons (Fsp3) is 0.235. The fourth-order valence-electron chi connectivity index (χ4n) is 2.47. The zero-order valence-corrected chi connectivity index (χ0v) is 13.8. The van der Waals surface area contributed by atoms with Crippen LogP contribution in [0.25, 0.3) is 0 Å². The summed E-state index contributed by atoms with van der Waals surface area (Å²) in [6, 6.07) is 9.21. The number of rotatable bonds is 3. The average Bonchev–Trinajstić information content (AvgIpc) is 3.04. The molecule has 23 heavy (non-hydrogen) atoms. The van der Waals surface area contributed by atoms with E-state index in [1.165, 1.54) is 4.90 Å². The summed E-state index contributed by atoms with van der Waals surface area (Å²) in [4.78, 5) is 17.6. The van der Waals surface area contributed by atoms with E-state index in [2.05, 4.69) is 10.1 Å². The topological polar surface area (TPSA) is 48.8 Å². The summed E-state index contributed by atoms with van der Waals surface area (Å²) in [5.41, 5.74) is 3.38. The summed E-state index contributed by atoms with van der Waals surface area (Å²) in [5, 5.41) is 7.02. The fourth-order valence-corrected chi connectivity index (χ4v) is 2.75. The number of carbonyl (C=O) groups excluding carboxylic acids is 1. The Morgan fingerprint density at radius 3 is 2.78 bits per heavy atom. The van der Waals surface area contributed by atoms with Gasteiger partial charge in [0.25, 0.3) is 5.91 Å². The van der Waals surface area contributed by atoms with Crippen LogP contribution in [0.2, 0.25) is 5.02 Å². The molecule has 0 fully saturated rings. The molecule has 0 saturated carbocycles. The van der Waals surface area contributed by atoms with Crippen LogP contribution in [0, 0.1) is 0 Å². The van der Waals surface area contributed by atoms with E-state index in [1.807, 2.05) is 29.4 Å². The number of halogens is 1. The maximum Gasteiger partial charge on any atom is 0.253 e. The smallest absolute Gasteiger partial charge is 0.253 e. The van der Waals surface area contributed by atoms with Gasteiger partial charge in [0.1, 0.15) is 0 Å². The van der Waals surface area contributed by atoms with E-state index < -0.39 is 0 Å². The SMILES string of the molecule is CN(C)C(=O)c1ccc(N2CCC(c3cccnc3)=N2)c(Cl)c1. The van der Waals surface area contributed by atoms with Crippen molar-refractivity contribution in [2.45, 2.75) is 6.42 Å². The zero-order chi connectivity index (χ0) is 16.4. The summed E-state index contributed by atoms with van der Waals surface area (Å²) in [6.07, 6.45) is 4.39. The van der Waals surface area contributed by atoms with Gasteiger partial charge in [0.2, 0.25) is 0 Å². The van der Waals surface area contributed by atoms with Crippen molar-refractivity contribution in [2.75, 3.05) is 25.6 Å². The first-order valence-electron chi connectivity index (χ1n) is 7.33. The van der Waals surface area contributed by atoms with E-state index in [4.69, 9.17) is 11.6 Å². The molecular weight excluding hydrogens is 312 g/mol. The van der Waals surface area contributed by atoms with Gasteiger partial charge < -0.3 is 4.90 Å². The molecule has 1 aliphatic heterocycles. The molecule has 2 aromatic rings. The molecule has 0 aliphatic carbocycles. The van der Waals surface area contributed by atoms with Crippen LogP contribution in [-0.4, -0.2) is 42.1 Å². The number of pyridine rings is 1. The number of carbonyl (C=O) groups is 1. The lowest BCUT2D eigenvalue weighted by molar-refractivity contribution is 0.0827. The highest BCUT2D eigenvalue weighted by Crippen LogP contribution is 2.30. The molecular formula is C17H17ClN4O. The number of nitrogens with zero attached hydrogens (tertiary/aromatic N) is 4.